The maximum atomic E-state index is 5.52. The van der Waals surface area contributed by atoms with Gasteiger partial charge < -0.3 is 20.4 Å². The summed E-state index contributed by atoms with van der Waals surface area (Å²) in [5.74, 6) is 5.44. The van der Waals surface area contributed by atoms with Gasteiger partial charge in [0, 0.05) is 37.6 Å². The Morgan fingerprint density at radius 1 is 1.12 bits per heavy atom. The average molecular weight is 354 g/mol. The first-order valence-electron chi connectivity index (χ1n) is 9.61. The molecule has 0 bridgehead atoms. The predicted octanol–water partition coefficient (Wildman–Crippen LogP) is 3.24. The van der Waals surface area contributed by atoms with Crippen molar-refractivity contribution in [3.05, 3.63) is 46.7 Å². The molecule has 1 aliphatic heterocycles. The summed E-state index contributed by atoms with van der Waals surface area (Å²) in [5.41, 5.74) is 6.43. The highest BCUT2D eigenvalue weighted by molar-refractivity contribution is 5.83. The Morgan fingerprint density at radius 3 is 2.42 bits per heavy atom. The Morgan fingerprint density at radius 2 is 1.81 bits per heavy atom. The molecule has 5 nitrogen and oxygen atoms in total. The van der Waals surface area contributed by atoms with Gasteiger partial charge in [-0.2, -0.15) is 5.10 Å². The maximum absolute atomic E-state index is 5.52. The van der Waals surface area contributed by atoms with Gasteiger partial charge >= 0.3 is 0 Å². The molecular weight excluding hydrogens is 324 g/mol. The summed E-state index contributed by atoms with van der Waals surface area (Å²) >= 11 is 0. The molecule has 0 aromatic heterocycles. The number of nitrogens with two attached hydrogens (primary N) is 1. The van der Waals surface area contributed by atoms with Crippen molar-refractivity contribution in [2.75, 3.05) is 44.3 Å². The first-order chi connectivity index (χ1) is 12.8. The molecule has 26 heavy (non-hydrogen) atoms. The van der Waals surface area contributed by atoms with Crippen LogP contribution in [-0.4, -0.2) is 50.5 Å². The van der Waals surface area contributed by atoms with E-state index in [2.05, 4.69) is 59.1 Å². The quantitative estimate of drug-likeness (QED) is 0.484. The maximum Gasteiger partial charge on any atom is 0.0642 e. The number of anilines is 1. The van der Waals surface area contributed by atoms with Gasteiger partial charge in [0.1, 0.15) is 0 Å². The number of allylic oxidation sites excluding steroid dienone is 2. The number of ether oxygens (including phenoxy) is 1. The van der Waals surface area contributed by atoms with Crippen LogP contribution in [-0.2, 0) is 4.74 Å². The minimum absolute atomic E-state index is 0.780. The number of hydrazone groups is 1. The fraction of sp³-hybridized carbons (Fsp3) is 0.476. The van der Waals surface area contributed by atoms with E-state index in [9.17, 15) is 0 Å². The van der Waals surface area contributed by atoms with E-state index in [1.165, 1.54) is 28.1 Å². The molecule has 140 valence electrons. The lowest BCUT2D eigenvalue weighted by molar-refractivity contribution is 0.0548. The van der Waals surface area contributed by atoms with Crippen LogP contribution in [0.2, 0.25) is 0 Å². The predicted molar refractivity (Wildman–Crippen MR) is 109 cm³/mol. The Labute approximate surface area is 156 Å². The van der Waals surface area contributed by atoms with Crippen molar-refractivity contribution in [2.45, 2.75) is 26.7 Å². The van der Waals surface area contributed by atoms with E-state index in [-0.39, 0.29) is 0 Å². The summed E-state index contributed by atoms with van der Waals surface area (Å²) in [6.45, 7) is 9.86. The fourth-order valence-electron chi connectivity index (χ4n) is 3.83. The van der Waals surface area contributed by atoms with E-state index >= 15 is 0 Å². The van der Waals surface area contributed by atoms with Gasteiger partial charge in [0.25, 0.3) is 0 Å². The van der Waals surface area contributed by atoms with E-state index in [1.54, 1.807) is 0 Å². The van der Waals surface area contributed by atoms with Crippen LogP contribution < -0.4 is 10.7 Å². The monoisotopic (exact) mass is 354 g/mol. The molecule has 2 aliphatic rings. The third kappa shape index (κ3) is 4.10. The van der Waals surface area contributed by atoms with Gasteiger partial charge in [-0.05, 0) is 61.6 Å². The molecule has 3 rings (SSSR count). The molecule has 1 aromatic rings. The van der Waals surface area contributed by atoms with Crippen LogP contribution in [0.3, 0.4) is 0 Å². The third-order valence-electron chi connectivity index (χ3n) is 5.19. The van der Waals surface area contributed by atoms with E-state index in [0.717, 1.165) is 52.2 Å². The molecule has 0 radical (unpaired) electrons. The molecule has 1 aliphatic carbocycles. The first-order valence-corrected chi connectivity index (χ1v) is 9.61. The molecule has 1 heterocycles. The highest BCUT2D eigenvalue weighted by Crippen LogP contribution is 2.35. The zero-order valence-corrected chi connectivity index (χ0v) is 15.9. The Balaban J connectivity index is 1.86. The summed E-state index contributed by atoms with van der Waals surface area (Å²) in [7, 11) is 0. The van der Waals surface area contributed by atoms with Crippen LogP contribution in [0.25, 0.3) is 6.08 Å². The number of hydrogen-bond donors (Lipinski definition) is 1. The van der Waals surface area contributed by atoms with E-state index in [0.29, 0.717) is 0 Å². The number of morpholine rings is 1. The SMILES string of the molecule is CCN(CC)c1ccc(/C=C2\CCC(/C=N/N)=C2N2CCOCC2)cc1. The molecule has 2 N–H and O–H groups in total. The van der Waals surface area contributed by atoms with Crippen molar-refractivity contribution in [1.82, 2.24) is 4.90 Å². The van der Waals surface area contributed by atoms with Gasteiger partial charge in [-0.25, -0.2) is 0 Å². The second-order valence-electron chi connectivity index (χ2n) is 6.68. The zero-order chi connectivity index (χ0) is 18.4. The number of benzene rings is 1. The van der Waals surface area contributed by atoms with Crippen LogP contribution in [0.15, 0.2) is 46.2 Å². The largest absolute Gasteiger partial charge is 0.378 e. The Kier molecular flexibility index (Phi) is 6.34. The topological polar surface area (TPSA) is 54.1 Å². The van der Waals surface area contributed by atoms with Crippen molar-refractivity contribution in [2.24, 2.45) is 10.9 Å². The van der Waals surface area contributed by atoms with Gasteiger partial charge in [0.15, 0.2) is 0 Å². The molecule has 1 fully saturated rings. The normalized spacial score (nSPS) is 19.8. The summed E-state index contributed by atoms with van der Waals surface area (Å²) in [6, 6.07) is 8.86. The van der Waals surface area contributed by atoms with Crippen LogP contribution in [0.1, 0.15) is 32.3 Å². The zero-order valence-electron chi connectivity index (χ0n) is 15.9. The highest BCUT2D eigenvalue weighted by Gasteiger charge is 2.25. The highest BCUT2D eigenvalue weighted by atomic mass is 16.5. The standard InChI is InChI=1S/C21H30N4O/c1-3-24(4-2)20-9-5-17(6-10-20)15-18-7-8-19(16-23-22)21(18)25-11-13-26-14-12-25/h5-6,9-10,15-16H,3-4,7-8,11-14,22H2,1-2H3/b18-15+,23-16+. The third-order valence-corrected chi connectivity index (χ3v) is 5.19. The molecule has 0 atom stereocenters. The summed E-state index contributed by atoms with van der Waals surface area (Å²) in [5, 5.41) is 3.78. The van der Waals surface area contributed by atoms with Crippen molar-refractivity contribution < 1.29 is 4.74 Å². The number of rotatable bonds is 6. The number of nitrogens with zero attached hydrogens (tertiary/aromatic N) is 3. The Hall–Kier alpha value is -2.27. The smallest absolute Gasteiger partial charge is 0.0642 e. The van der Waals surface area contributed by atoms with E-state index in [1.807, 2.05) is 6.21 Å². The minimum atomic E-state index is 0.780. The van der Waals surface area contributed by atoms with Crippen molar-refractivity contribution >= 4 is 18.0 Å². The summed E-state index contributed by atoms with van der Waals surface area (Å²) in [6.07, 6.45) is 6.16. The fourth-order valence-corrected chi connectivity index (χ4v) is 3.83. The van der Waals surface area contributed by atoms with Crippen LogP contribution in [0.5, 0.6) is 0 Å². The average Bonchev–Trinajstić information content (AvgIpc) is 3.07. The van der Waals surface area contributed by atoms with Crippen molar-refractivity contribution in [3.8, 4) is 0 Å². The molecule has 0 spiro atoms. The molecule has 0 amide bonds. The van der Waals surface area contributed by atoms with E-state index in [4.69, 9.17) is 10.6 Å². The van der Waals surface area contributed by atoms with Crippen molar-refractivity contribution in [1.29, 1.82) is 0 Å². The van der Waals surface area contributed by atoms with Gasteiger partial charge in [-0.3, -0.25) is 0 Å². The lowest BCUT2D eigenvalue weighted by atomic mass is 10.1. The van der Waals surface area contributed by atoms with Gasteiger partial charge in [-0.15, -0.1) is 0 Å². The molecule has 1 aromatic carbocycles. The van der Waals surface area contributed by atoms with Crippen LogP contribution in [0.4, 0.5) is 5.69 Å². The summed E-state index contributed by atoms with van der Waals surface area (Å²) in [4.78, 5) is 4.78. The molecule has 5 heteroatoms. The second kappa shape index (κ2) is 8.90. The lowest BCUT2D eigenvalue weighted by Crippen LogP contribution is -2.36. The van der Waals surface area contributed by atoms with Crippen molar-refractivity contribution in [3.63, 3.8) is 0 Å². The van der Waals surface area contributed by atoms with Crippen LogP contribution in [0, 0.1) is 0 Å². The van der Waals surface area contributed by atoms with Gasteiger partial charge in [-0.1, -0.05) is 12.1 Å². The van der Waals surface area contributed by atoms with Gasteiger partial charge in [0.05, 0.1) is 19.4 Å². The van der Waals surface area contributed by atoms with E-state index < -0.39 is 0 Å². The lowest BCUT2D eigenvalue weighted by Gasteiger charge is -2.31. The van der Waals surface area contributed by atoms with Crippen LogP contribution >= 0.6 is 0 Å². The molecule has 0 saturated carbocycles. The number of hydrogen-bond acceptors (Lipinski definition) is 5. The molecule has 0 unspecified atom stereocenters. The second-order valence-corrected chi connectivity index (χ2v) is 6.68. The Bertz CT molecular complexity index is 680. The minimum Gasteiger partial charge on any atom is -0.378 e. The summed E-state index contributed by atoms with van der Waals surface area (Å²) < 4.78 is 5.52. The first kappa shape index (κ1) is 18.5. The molecular formula is C21H30N4O. The molecule has 1 saturated heterocycles. The van der Waals surface area contributed by atoms with Gasteiger partial charge in [0.2, 0.25) is 0 Å².